The second-order valence-electron chi connectivity index (χ2n) is 6.49. The number of carbonyl (C=O) groups excluding carboxylic acids is 1. The van der Waals surface area contributed by atoms with E-state index in [4.69, 9.17) is 10.5 Å². The normalized spacial score (nSPS) is 22.8. The van der Waals surface area contributed by atoms with Gasteiger partial charge >= 0.3 is 6.09 Å². The number of hydrogen-bond acceptors (Lipinski definition) is 3. The molecule has 1 heterocycles. The first-order valence-electron chi connectivity index (χ1n) is 7.58. The molecule has 2 N–H and O–H groups in total. The predicted molar refractivity (Wildman–Crippen MR) is 78.0 cm³/mol. The molecule has 4 nitrogen and oxygen atoms in total. The summed E-state index contributed by atoms with van der Waals surface area (Å²) in [7, 11) is 0. The zero-order valence-corrected chi connectivity index (χ0v) is 12.9. The lowest BCUT2D eigenvalue weighted by Gasteiger charge is -2.36. The Morgan fingerprint density at radius 2 is 2.05 bits per heavy atom. The standard InChI is InChI=1S/C15H30N2O2/c1-5-12(11-16)13-9-7-6-8-10-17(13)14(18)19-15(2,3)4/h12-13H,5-11,16H2,1-4H3. The molecule has 1 saturated heterocycles. The second-order valence-corrected chi connectivity index (χ2v) is 6.49. The Labute approximate surface area is 117 Å². The van der Waals surface area contributed by atoms with E-state index in [0.717, 1.165) is 25.8 Å². The summed E-state index contributed by atoms with van der Waals surface area (Å²) in [5.41, 5.74) is 5.44. The van der Waals surface area contributed by atoms with Crippen molar-refractivity contribution in [3.05, 3.63) is 0 Å². The van der Waals surface area contributed by atoms with E-state index in [1.807, 2.05) is 25.7 Å². The third-order valence-corrected chi connectivity index (χ3v) is 3.80. The molecule has 0 spiro atoms. The van der Waals surface area contributed by atoms with E-state index in [1.54, 1.807) is 0 Å². The van der Waals surface area contributed by atoms with Crippen LogP contribution in [0.1, 0.15) is 59.8 Å². The number of amides is 1. The van der Waals surface area contributed by atoms with E-state index in [0.29, 0.717) is 12.5 Å². The maximum absolute atomic E-state index is 12.4. The lowest BCUT2D eigenvalue weighted by Crippen LogP contribution is -2.48. The van der Waals surface area contributed by atoms with Crippen LogP contribution in [0, 0.1) is 5.92 Å². The lowest BCUT2D eigenvalue weighted by atomic mass is 9.92. The van der Waals surface area contributed by atoms with Gasteiger partial charge in [-0.05, 0) is 46.1 Å². The molecule has 0 aromatic carbocycles. The van der Waals surface area contributed by atoms with Crippen molar-refractivity contribution >= 4 is 6.09 Å². The molecule has 1 aliphatic rings. The van der Waals surface area contributed by atoms with Crippen LogP contribution in [0.3, 0.4) is 0 Å². The van der Waals surface area contributed by atoms with Crippen molar-refractivity contribution in [2.75, 3.05) is 13.1 Å². The van der Waals surface area contributed by atoms with Crippen molar-refractivity contribution in [2.45, 2.75) is 71.4 Å². The zero-order valence-electron chi connectivity index (χ0n) is 12.9. The van der Waals surface area contributed by atoms with Gasteiger partial charge in [-0.25, -0.2) is 4.79 Å². The second kappa shape index (κ2) is 7.13. The molecular formula is C15H30N2O2. The molecule has 1 amide bonds. The number of ether oxygens (including phenoxy) is 1. The number of hydrogen-bond donors (Lipinski definition) is 1. The van der Waals surface area contributed by atoms with E-state index in [9.17, 15) is 4.79 Å². The van der Waals surface area contributed by atoms with Crippen LogP contribution < -0.4 is 5.73 Å². The van der Waals surface area contributed by atoms with Gasteiger partial charge < -0.3 is 15.4 Å². The van der Waals surface area contributed by atoms with Crippen LogP contribution in [0.4, 0.5) is 4.79 Å². The summed E-state index contributed by atoms with van der Waals surface area (Å²) in [6, 6.07) is 0.243. The lowest BCUT2D eigenvalue weighted by molar-refractivity contribution is 0.0102. The first kappa shape index (κ1) is 16.3. The molecule has 0 saturated carbocycles. The average molecular weight is 270 g/mol. The van der Waals surface area contributed by atoms with Crippen molar-refractivity contribution in [1.29, 1.82) is 0 Å². The van der Waals surface area contributed by atoms with Gasteiger partial charge in [0.1, 0.15) is 5.60 Å². The zero-order chi connectivity index (χ0) is 14.5. The van der Waals surface area contributed by atoms with Gasteiger partial charge in [0.05, 0.1) is 0 Å². The van der Waals surface area contributed by atoms with Crippen molar-refractivity contribution in [3.8, 4) is 0 Å². The van der Waals surface area contributed by atoms with Gasteiger partial charge in [0.15, 0.2) is 0 Å². The van der Waals surface area contributed by atoms with E-state index >= 15 is 0 Å². The number of nitrogens with zero attached hydrogens (tertiary/aromatic N) is 1. The smallest absolute Gasteiger partial charge is 0.410 e. The number of carbonyl (C=O) groups is 1. The first-order chi connectivity index (χ1) is 8.89. The molecule has 0 radical (unpaired) electrons. The quantitative estimate of drug-likeness (QED) is 0.857. The SMILES string of the molecule is CCC(CN)C1CCCCCN1C(=O)OC(C)(C)C. The first-order valence-corrected chi connectivity index (χ1v) is 7.58. The van der Waals surface area contributed by atoms with Crippen molar-refractivity contribution < 1.29 is 9.53 Å². The van der Waals surface area contributed by atoms with Crippen LogP contribution in [0.25, 0.3) is 0 Å². The van der Waals surface area contributed by atoms with Gasteiger partial charge in [0.2, 0.25) is 0 Å². The van der Waals surface area contributed by atoms with Crippen LogP contribution in [-0.4, -0.2) is 35.7 Å². The molecule has 0 aromatic heterocycles. The van der Waals surface area contributed by atoms with Crippen molar-refractivity contribution in [2.24, 2.45) is 11.7 Å². The number of likely N-dealkylation sites (tertiary alicyclic amines) is 1. The van der Waals surface area contributed by atoms with E-state index in [2.05, 4.69) is 6.92 Å². The van der Waals surface area contributed by atoms with Gasteiger partial charge in [0.25, 0.3) is 0 Å². The molecule has 2 atom stereocenters. The molecule has 2 unspecified atom stereocenters. The number of rotatable bonds is 3. The summed E-state index contributed by atoms with van der Waals surface area (Å²) >= 11 is 0. The Morgan fingerprint density at radius 1 is 1.37 bits per heavy atom. The predicted octanol–water partition coefficient (Wildman–Crippen LogP) is 3.15. The molecular weight excluding hydrogens is 240 g/mol. The van der Waals surface area contributed by atoms with Crippen LogP contribution in [0.5, 0.6) is 0 Å². The fourth-order valence-corrected chi connectivity index (χ4v) is 2.77. The summed E-state index contributed by atoms with van der Waals surface area (Å²) in [6.07, 6.45) is 5.33. The van der Waals surface area contributed by atoms with E-state index < -0.39 is 5.60 Å². The summed E-state index contributed by atoms with van der Waals surface area (Å²) in [4.78, 5) is 14.3. The monoisotopic (exact) mass is 270 g/mol. The van der Waals surface area contributed by atoms with Crippen LogP contribution in [0.15, 0.2) is 0 Å². The third kappa shape index (κ3) is 5.01. The summed E-state index contributed by atoms with van der Waals surface area (Å²) in [6.45, 7) is 9.33. The Bertz CT molecular complexity index is 282. The molecule has 0 bridgehead atoms. The summed E-state index contributed by atoms with van der Waals surface area (Å²) < 4.78 is 5.55. The minimum atomic E-state index is -0.432. The Hall–Kier alpha value is -0.770. The minimum absolute atomic E-state index is 0.175. The van der Waals surface area contributed by atoms with Crippen LogP contribution >= 0.6 is 0 Å². The summed E-state index contributed by atoms with van der Waals surface area (Å²) in [5.74, 6) is 0.380. The highest BCUT2D eigenvalue weighted by molar-refractivity contribution is 5.68. The fraction of sp³-hybridized carbons (Fsp3) is 0.933. The van der Waals surface area contributed by atoms with Gasteiger partial charge in [-0.2, -0.15) is 0 Å². The maximum Gasteiger partial charge on any atom is 0.410 e. The highest BCUT2D eigenvalue weighted by Crippen LogP contribution is 2.26. The van der Waals surface area contributed by atoms with E-state index in [1.165, 1.54) is 12.8 Å². The highest BCUT2D eigenvalue weighted by Gasteiger charge is 2.32. The molecule has 4 heteroatoms. The van der Waals surface area contributed by atoms with Gasteiger partial charge in [-0.3, -0.25) is 0 Å². The molecule has 0 aliphatic carbocycles. The van der Waals surface area contributed by atoms with Crippen LogP contribution in [-0.2, 0) is 4.74 Å². The Balaban J connectivity index is 2.81. The number of nitrogens with two attached hydrogens (primary N) is 1. The Kier molecular flexibility index (Phi) is 6.11. The van der Waals surface area contributed by atoms with Gasteiger partial charge in [-0.15, -0.1) is 0 Å². The van der Waals surface area contributed by atoms with Gasteiger partial charge in [0, 0.05) is 12.6 Å². The molecule has 1 fully saturated rings. The maximum atomic E-state index is 12.4. The summed E-state index contributed by atoms with van der Waals surface area (Å²) in [5, 5.41) is 0. The minimum Gasteiger partial charge on any atom is -0.444 e. The molecule has 1 aliphatic heterocycles. The third-order valence-electron chi connectivity index (χ3n) is 3.80. The average Bonchev–Trinajstić information content (AvgIpc) is 2.54. The van der Waals surface area contributed by atoms with Crippen molar-refractivity contribution in [3.63, 3.8) is 0 Å². The van der Waals surface area contributed by atoms with E-state index in [-0.39, 0.29) is 12.1 Å². The fourth-order valence-electron chi connectivity index (χ4n) is 2.77. The highest BCUT2D eigenvalue weighted by atomic mass is 16.6. The molecule has 0 aromatic rings. The van der Waals surface area contributed by atoms with Crippen molar-refractivity contribution in [1.82, 2.24) is 4.90 Å². The largest absolute Gasteiger partial charge is 0.444 e. The Morgan fingerprint density at radius 3 is 2.58 bits per heavy atom. The van der Waals surface area contributed by atoms with Crippen LogP contribution in [0.2, 0.25) is 0 Å². The molecule has 19 heavy (non-hydrogen) atoms. The van der Waals surface area contributed by atoms with Gasteiger partial charge in [-0.1, -0.05) is 26.2 Å². The molecule has 1 rings (SSSR count). The molecule has 112 valence electrons. The topological polar surface area (TPSA) is 55.6 Å².